The van der Waals surface area contributed by atoms with Gasteiger partial charge in [-0.2, -0.15) is 0 Å². The molecule has 1 amide bonds. The van der Waals surface area contributed by atoms with Crippen LogP contribution in [0.4, 0.5) is 5.69 Å². The molecule has 0 aromatic heterocycles. The van der Waals surface area contributed by atoms with Gasteiger partial charge in [0.2, 0.25) is 0 Å². The van der Waals surface area contributed by atoms with Gasteiger partial charge in [-0.05, 0) is 60.5 Å². The van der Waals surface area contributed by atoms with E-state index in [9.17, 15) is 14.7 Å². The zero-order valence-corrected chi connectivity index (χ0v) is 19.5. The Morgan fingerprint density at radius 3 is 2.33 bits per heavy atom. The second kappa shape index (κ2) is 9.88. The van der Waals surface area contributed by atoms with Crippen molar-refractivity contribution in [3.63, 3.8) is 0 Å². The highest BCUT2D eigenvalue weighted by molar-refractivity contribution is 9.10. The standard InChI is InChI=1S/C27H22BrNO4/c1-2-33-22-15-13-21(14-16-22)29-25(19-9-11-20(28)12-10-19)24(26(31)27(29)32)23(30)17-8-18-6-4-3-5-7-18/h3-17,25,31H,2H2,1H3/b17-8+. The molecule has 0 aliphatic carbocycles. The molecule has 0 saturated heterocycles. The van der Waals surface area contributed by atoms with Gasteiger partial charge < -0.3 is 9.84 Å². The number of rotatable bonds is 7. The second-order valence-electron chi connectivity index (χ2n) is 7.43. The minimum Gasteiger partial charge on any atom is -0.503 e. The van der Waals surface area contributed by atoms with Crippen molar-refractivity contribution in [1.29, 1.82) is 0 Å². The Morgan fingerprint density at radius 2 is 1.70 bits per heavy atom. The highest BCUT2D eigenvalue weighted by Gasteiger charge is 2.43. The number of amides is 1. The summed E-state index contributed by atoms with van der Waals surface area (Å²) in [4.78, 5) is 27.8. The minimum absolute atomic E-state index is 0.0448. The quantitative estimate of drug-likeness (QED) is 0.399. The van der Waals surface area contributed by atoms with E-state index in [1.165, 1.54) is 11.0 Å². The zero-order chi connectivity index (χ0) is 23.4. The van der Waals surface area contributed by atoms with Crippen LogP contribution < -0.4 is 9.64 Å². The second-order valence-corrected chi connectivity index (χ2v) is 8.34. The number of aliphatic hydroxyl groups excluding tert-OH is 1. The number of carbonyl (C=O) groups is 2. The Kier molecular flexibility index (Phi) is 6.75. The number of ether oxygens (including phenoxy) is 1. The van der Waals surface area contributed by atoms with E-state index in [0.29, 0.717) is 23.6 Å². The molecule has 1 heterocycles. The van der Waals surface area contributed by atoms with E-state index in [0.717, 1.165) is 10.0 Å². The monoisotopic (exact) mass is 503 g/mol. The molecule has 1 N–H and O–H groups in total. The van der Waals surface area contributed by atoms with Gasteiger partial charge in [0.25, 0.3) is 5.91 Å². The maximum absolute atomic E-state index is 13.2. The minimum atomic E-state index is -0.767. The number of carbonyl (C=O) groups excluding carboxylic acids is 2. The SMILES string of the molecule is CCOc1ccc(N2C(=O)C(O)=C(C(=O)/C=C/c3ccccc3)C2c2ccc(Br)cc2)cc1. The fraction of sp³-hybridized carbons (Fsp3) is 0.111. The zero-order valence-electron chi connectivity index (χ0n) is 17.9. The highest BCUT2D eigenvalue weighted by Crippen LogP contribution is 2.41. The fourth-order valence-electron chi connectivity index (χ4n) is 3.78. The number of ketones is 1. The van der Waals surface area contributed by atoms with Gasteiger partial charge in [0.05, 0.1) is 18.2 Å². The largest absolute Gasteiger partial charge is 0.503 e. The van der Waals surface area contributed by atoms with Crippen LogP contribution >= 0.6 is 15.9 Å². The Hall–Kier alpha value is -3.64. The maximum Gasteiger partial charge on any atom is 0.294 e. The Bertz CT molecular complexity index is 1220. The first kappa shape index (κ1) is 22.6. The first-order valence-electron chi connectivity index (χ1n) is 10.5. The topological polar surface area (TPSA) is 66.8 Å². The molecule has 0 saturated carbocycles. The number of benzene rings is 3. The number of hydrogen-bond donors (Lipinski definition) is 1. The molecule has 33 heavy (non-hydrogen) atoms. The molecule has 0 radical (unpaired) electrons. The third kappa shape index (κ3) is 4.76. The lowest BCUT2D eigenvalue weighted by molar-refractivity contribution is -0.117. The maximum atomic E-state index is 13.2. The molecule has 0 fully saturated rings. The van der Waals surface area contributed by atoms with Crippen LogP contribution in [0, 0.1) is 0 Å². The number of anilines is 1. The summed E-state index contributed by atoms with van der Waals surface area (Å²) in [7, 11) is 0. The Balaban J connectivity index is 1.75. The summed E-state index contributed by atoms with van der Waals surface area (Å²) >= 11 is 3.42. The van der Waals surface area contributed by atoms with Crippen molar-refractivity contribution in [2.24, 2.45) is 0 Å². The molecular weight excluding hydrogens is 482 g/mol. The van der Waals surface area contributed by atoms with Crippen molar-refractivity contribution in [2.75, 3.05) is 11.5 Å². The molecule has 1 aliphatic heterocycles. The van der Waals surface area contributed by atoms with Gasteiger partial charge in [0.15, 0.2) is 11.5 Å². The molecule has 5 nitrogen and oxygen atoms in total. The van der Waals surface area contributed by atoms with Gasteiger partial charge >= 0.3 is 0 Å². The van der Waals surface area contributed by atoms with Crippen LogP contribution in [0.3, 0.4) is 0 Å². The van der Waals surface area contributed by atoms with Crippen molar-refractivity contribution in [2.45, 2.75) is 13.0 Å². The third-order valence-corrected chi connectivity index (χ3v) is 5.84. The van der Waals surface area contributed by atoms with E-state index >= 15 is 0 Å². The highest BCUT2D eigenvalue weighted by atomic mass is 79.9. The molecule has 1 aliphatic rings. The molecule has 166 valence electrons. The lowest BCUT2D eigenvalue weighted by Crippen LogP contribution is -2.30. The van der Waals surface area contributed by atoms with E-state index in [1.54, 1.807) is 30.3 Å². The summed E-state index contributed by atoms with van der Waals surface area (Å²) in [5.41, 5.74) is 2.15. The van der Waals surface area contributed by atoms with Crippen LogP contribution in [0.15, 0.2) is 101 Å². The molecule has 4 rings (SSSR count). The Labute approximate surface area is 200 Å². The van der Waals surface area contributed by atoms with Crippen LogP contribution in [0.1, 0.15) is 24.1 Å². The van der Waals surface area contributed by atoms with E-state index in [-0.39, 0.29) is 5.57 Å². The van der Waals surface area contributed by atoms with Crippen LogP contribution in [-0.4, -0.2) is 23.4 Å². The summed E-state index contributed by atoms with van der Waals surface area (Å²) in [6.07, 6.45) is 3.06. The smallest absolute Gasteiger partial charge is 0.294 e. The molecule has 6 heteroatoms. The van der Waals surface area contributed by atoms with Crippen molar-refractivity contribution < 1.29 is 19.4 Å². The predicted molar refractivity (Wildman–Crippen MR) is 132 cm³/mol. The van der Waals surface area contributed by atoms with Gasteiger partial charge in [0, 0.05) is 10.2 Å². The van der Waals surface area contributed by atoms with Crippen LogP contribution in [0.25, 0.3) is 6.08 Å². The average molecular weight is 504 g/mol. The van der Waals surface area contributed by atoms with Crippen LogP contribution in [-0.2, 0) is 9.59 Å². The molecule has 0 bridgehead atoms. The van der Waals surface area contributed by atoms with Gasteiger partial charge in [0.1, 0.15) is 5.75 Å². The normalized spacial score (nSPS) is 16.0. The van der Waals surface area contributed by atoms with E-state index in [1.807, 2.05) is 61.5 Å². The molecule has 1 unspecified atom stereocenters. The van der Waals surface area contributed by atoms with E-state index in [4.69, 9.17) is 4.74 Å². The summed E-state index contributed by atoms with van der Waals surface area (Å²) in [5, 5.41) is 10.8. The van der Waals surface area contributed by atoms with E-state index in [2.05, 4.69) is 15.9 Å². The first-order chi connectivity index (χ1) is 16.0. The number of allylic oxidation sites excluding steroid dienone is 1. The van der Waals surface area contributed by atoms with Crippen molar-refractivity contribution in [3.05, 3.63) is 112 Å². The van der Waals surface area contributed by atoms with Crippen molar-refractivity contribution in [3.8, 4) is 5.75 Å². The summed E-state index contributed by atoms with van der Waals surface area (Å²) < 4.78 is 6.37. The number of aliphatic hydroxyl groups is 1. The van der Waals surface area contributed by atoms with Gasteiger partial charge in [-0.15, -0.1) is 0 Å². The summed E-state index contributed by atoms with van der Waals surface area (Å²) in [5.74, 6) is -0.915. The molecular formula is C27H22BrNO4. The Morgan fingerprint density at radius 1 is 1.03 bits per heavy atom. The lowest BCUT2D eigenvalue weighted by atomic mass is 9.95. The molecule has 3 aromatic rings. The van der Waals surface area contributed by atoms with Crippen LogP contribution in [0.5, 0.6) is 5.75 Å². The van der Waals surface area contributed by atoms with E-state index < -0.39 is 23.5 Å². The summed E-state index contributed by atoms with van der Waals surface area (Å²) in [6, 6.07) is 23.0. The molecule has 1 atom stereocenters. The van der Waals surface area contributed by atoms with Crippen molar-refractivity contribution in [1.82, 2.24) is 0 Å². The van der Waals surface area contributed by atoms with Gasteiger partial charge in [-0.1, -0.05) is 64.5 Å². The molecule has 0 spiro atoms. The van der Waals surface area contributed by atoms with Gasteiger partial charge in [-0.3, -0.25) is 14.5 Å². The average Bonchev–Trinajstić information content (AvgIpc) is 3.10. The predicted octanol–water partition coefficient (Wildman–Crippen LogP) is 6.03. The number of hydrogen-bond acceptors (Lipinski definition) is 4. The first-order valence-corrected chi connectivity index (χ1v) is 11.3. The number of halogens is 1. The fourth-order valence-corrected chi connectivity index (χ4v) is 4.04. The lowest BCUT2D eigenvalue weighted by Gasteiger charge is -2.27. The summed E-state index contributed by atoms with van der Waals surface area (Å²) in [6.45, 7) is 2.42. The van der Waals surface area contributed by atoms with Crippen LogP contribution in [0.2, 0.25) is 0 Å². The third-order valence-electron chi connectivity index (χ3n) is 5.31. The number of nitrogens with zero attached hydrogens (tertiary/aromatic N) is 1. The van der Waals surface area contributed by atoms with Gasteiger partial charge in [-0.25, -0.2) is 0 Å². The molecule has 3 aromatic carbocycles. The van der Waals surface area contributed by atoms with Crippen molar-refractivity contribution >= 4 is 39.4 Å².